The average molecular weight is 506 g/mol. The minimum absolute atomic E-state index is 0.0263. The van der Waals surface area contributed by atoms with E-state index in [2.05, 4.69) is 0 Å². The molecule has 0 bridgehead atoms. The summed E-state index contributed by atoms with van der Waals surface area (Å²) in [6.45, 7) is 4.60. The van der Waals surface area contributed by atoms with Crippen LogP contribution in [-0.2, 0) is 24.8 Å². The molecule has 3 aliphatic heterocycles. The second kappa shape index (κ2) is 8.11. The first kappa shape index (κ1) is 23.4. The molecule has 182 valence electrons. The van der Waals surface area contributed by atoms with E-state index >= 15 is 0 Å². The molecule has 11 heteroatoms. The maximum Gasteiger partial charge on any atom is 0.265 e. The van der Waals surface area contributed by atoms with Crippen LogP contribution < -0.4 is 4.90 Å². The Balaban J connectivity index is 1.88. The highest BCUT2D eigenvalue weighted by Gasteiger charge is 2.44. The fourth-order valence-corrected chi connectivity index (χ4v) is 8.57. The van der Waals surface area contributed by atoms with Crippen LogP contribution in [0.4, 0.5) is 5.69 Å². The van der Waals surface area contributed by atoms with E-state index in [-0.39, 0.29) is 31.8 Å². The summed E-state index contributed by atoms with van der Waals surface area (Å²) in [5, 5.41) is 0.465. The molecular formula is C23H27N3O6S2. The van der Waals surface area contributed by atoms with Crippen molar-refractivity contribution in [3.63, 3.8) is 0 Å². The molecule has 5 rings (SSSR count). The minimum Gasteiger partial charge on any atom is -0.274 e. The fourth-order valence-electron chi connectivity index (χ4n) is 5.04. The molecule has 0 atom stereocenters. The Kier molecular flexibility index (Phi) is 5.58. The molecule has 0 radical (unpaired) electrons. The topological polar surface area (TPSA) is 112 Å². The number of hydrogen-bond acceptors (Lipinski definition) is 6. The van der Waals surface area contributed by atoms with E-state index in [1.54, 1.807) is 26.0 Å². The van der Waals surface area contributed by atoms with Gasteiger partial charge in [0, 0.05) is 42.9 Å². The molecule has 0 aliphatic carbocycles. The van der Waals surface area contributed by atoms with Crippen LogP contribution in [0.2, 0.25) is 0 Å². The van der Waals surface area contributed by atoms with Crippen molar-refractivity contribution in [2.45, 2.75) is 49.3 Å². The average Bonchev–Trinajstić information content (AvgIpc) is 3.56. The number of amides is 2. The number of nitrogens with zero attached hydrogens (tertiary/aromatic N) is 3. The van der Waals surface area contributed by atoms with Crippen LogP contribution >= 0.6 is 0 Å². The van der Waals surface area contributed by atoms with Crippen LogP contribution in [0.1, 0.15) is 49.9 Å². The summed E-state index contributed by atoms with van der Waals surface area (Å²) in [6, 6.07) is 5.83. The van der Waals surface area contributed by atoms with Crippen molar-refractivity contribution in [3.05, 3.63) is 29.8 Å². The molecule has 3 heterocycles. The Labute approximate surface area is 199 Å². The Morgan fingerprint density at radius 1 is 0.853 bits per heavy atom. The van der Waals surface area contributed by atoms with Gasteiger partial charge in [0.2, 0.25) is 26.0 Å². The van der Waals surface area contributed by atoms with Crippen molar-refractivity contribution in [1.82, 2.24) is 8.61 Å². The van der Waals surface area contributed by atoms with Gasteiger partial charge in [-0.1, -0.05) is 26.0 Å². The summed E-state index contributed by atoms with van der Waals surface area (Å²) in [5.41, 5.74) is 0.111. The predicted molar refractivity (Wildman–Crippen MR) is 127 cm³/mol. The number of hydrogen-bond donors (Lipinski definition) is 0. The van der Waals surface area contributed by atoms with Gasteiger partial charge in [-0.25, -0.2) is 21.7 Å². The molecule has 0 saturated carbocycles. The molecule has 2 amide bonds. The minimum atomic E-state index is -4.16. The summed E-state index contributed by atoms with van der Waals surface area (Å²) in [7, 11) is -8.17. The first-order chi connectivity index (χ1) is 16.1. The van der Waals surface area contributed by atoms with E-state index in [1.807, 2.05) is 0 Å². The van der Waals surface area contributed by atoms with Gasteiger partial charge in [-0.2, -0.15) is 8.61 Å². The van der Waals surface area contributed by atoms with E-state index in [0.29, 0.717) is 39.0 Å². The van der Waals surface area contributed by atoms with Gasteiger partial charge in [-0.3, -0.25) is 9.59 Å². The van der Waals surface area contributed by atoms with Crippen molar-refractivity contribution in [3.8, 4) is 0 Å². The van der Waals surface area contributed by atoms with Gasteiger partial charge < -0.3 is 0 Å². The van der Waals surface area contributed by atoms with Crippen LogP contribution in [0.3, 0.4) is 0 Å². The Bertz CT molecular complexity index is 1420. The second-order valence-corrected chi connectivity index (χ2v) is 13.1. The normalized spacial score (nSPS) is 19.7. The molecule has 0 spiro atoms. The summed E-state index contributed by atoms with van der Waals surface area (Å²) in [4.78, 5) is 27.0. The number of anilines is 1. The van der Waals surface area contributed by atoms with Crippen molar-refractivity contribution >= 4 is 48.3 Å². The lowest BCUT2D eigenvalue weighted by atomic mass is 10.1. The largest absolute Gasteiger partial charge is 0.274 e. The molecule has 2 aromatic rings. The lowest BCUT2D eigenvalue weighted by molar-refractivity contribution is -0.120. The van der Waals surface area contributed by atoms with Gasteiger partial charge in [0.25, 0.3) is 5.91 Å². The number of carbonyl (C=O) groups is 2. The van der Waals surface area contributed by atoms with Crippen LogP contribution in [0.5, 0.6) is 0 Å². The highest BCUT2D eigenvalue weighted by molar-refractivity contribution is 7.90. The summed E-state index contributed by atoms with van der Waals surface area (Å²) in [6.07, 6.45) is 2.85. The molecule has 2 aromatic carbocycles. The van der Waals surface area contributed by atoms with Gasteiger partial charge >= 0.3 is 0 Å². The SMILES string of the molecule is CC(C)C(=O)N1C(=O)c2cccc3c(S(=O)(=O)N4CCCC4)cc(S(=O)(=O)N4CCCC4)c1c23. The molecule has 3 aliphatic rings. The zero-order chi connectivity index (χ0) is 24.4. The van der Waals surface area contributed by atoms with E-state index in [0.717, 1.165) is 17.7 Å². The Morgan fingerprint density at radius 3 is 1.91 bits per heavy atom. The van der Waals surface area contributed by atoms with Crippen molar-refractivity contribution in [1.29, 1.82) is 0 Å². The van der Waals surface area contributed by atoms with Crippen molar-refractivity contribution in [2.24, 2.45) is 5.92 Å². The highest BCUT2D eigenvalue weighted by Crippen LogP contribution is 2.46. The van der Waals surface area contributed by atoms with Gasteiger partial charge in [0.1, 0.15) is 4.90 Å². The number of sulfonamides is 2. The summed E-state index contributed by atoms with van der Waals surface area (Å²) in [5.74, 6) is -1.73. The van der Waals surface area contributed by atoms with Gasteiger partial charge in [0.15, 0.2) is 0 Å². The van der Waals surface area contributed by atoms with Crippen LogP contribution in [-0.4, -0.2) is 63.4 Å². The number of rotatable bonds is 5. The molecular weight excluding hydrogens is 478 g/mol. The van der Waals surface area contributed by atoms with E-state index < -0.39 is 37.8 Å². The first-order valence-electron chi connectivity index (χ1n) is 11.5. The van der Waals surface area contributed by atoms with Crippen LogP contribution in [0.25, 0.3) is 10.8 Å². The Morgan fingerprint density at radius 2 is 1.38 bits per heavy atom. The van der Waals surface area contributed by atoms with Crippen LogP contribution in [0, 0.1) is 5.92 Å². The predicted octanol–water partition coefficient (Wildman–Crippen LogP) is 2.55. The molecule has 2 fully saturated rings. The highest BCUT2D eigenvalue weighted by atomic mass is 32.2. The zero-order valence-electron chi connectivity index (χ0n) is 19.2. The first-order valence-corrected chi connectivity index (χ1v) is 14.4. The van der Waals surface area contributed by atoms with Gasteiger partial charge in [-0.15, -0.1) is 0 Å². The molecule has 0 aromatic heterocycles. The lowest BCUT2D eigenvalue weighted by Gasteiger charge is -2.25. The fraction of sp³-hybridized carbons (Fsp3) is 0.478. The third-order valence-corrected chi connectivity index (χ3v) is 10.6. The third kappa shape index (κ3) is 3.32. The van der Waals surface area contributed by atoms with Gasteiger partial charge in [-0.05, 0) is 37.8 Å². The molecule has 9 nitrogen and oxygen atoms in total. The molecule has 0 N–H and O–H groups in total. The summed E-state index contributed by atoms with van der Waals surface area (Å²) >= 11 is 0. The standard InChI is InChI=1S/C23H27N3O6S2/c1-15(2)22(27)26-21-19(34(31,32)25-12-5-6-13-25)14-18(33(29,30)24-10-3-4-11-24)16-8-7-9-17(20(16)21)23(26)28/h7-9,14-15H,3-6,10-13H2,1-2H3. The van der Waals surface area contributed by atoms with Crippen molar-refractivity contribution < 1.29 is 26.4 Å². The smallest absolute Gasteiger partial charge is 0.265 e. The maximum absolute atomic E-state index is 13.8. The van der Waals surface area contributed by atoms with Gasteiger partial charge in [0.05, 0.1) is 16.1 Å². The third-order valence-electron chi connectivity index (χ3n) is 6.80. The van der Waals surface area contributed by atoms with E-state index in [9.17, 15) is 26.4 Å². The summed E-state index contributed by atoms with van der Waals surface area (Å²) < 4.78 is 57.6. The monoisotopic (exact) mass is 505 g/mol. The molecule has 0 unspecified atom stereocenters. The zero-order valence-corrected chi connectivity index (χ0v) is 20.8. The number of imide groups is 1. The maximum atomic E-state index is 13.8. The number of benzene rings is 2. The second-order valence-electron chi connectivity index (χ2n) is 9.31. The quantitative estimate of drug-likeness (QED) is 0.617. The van der Waals surface area contributed by atoms with Crippen LogP contribution in [0.15, 0.2) is 34.1 Å². The van der Waals surface area contributed by atoms with Crippen molar-refractivity contribution in [2.75, 3.05) is 31.1 Å². The van der Waals surface area contributed by atoms with E-state index in [4.69, 9.17) is 0 Å². The lowest BCUT2D eigenvalue weighted by Crippen LogP contribution is -2.38. The Hall–Kier alpha value is -2.34. The molecule has 34 heavy (non-hydrogen) atoms. The van der Waals surface area contributed by atoms with E-state index in [1.165, 1.54) is 20.7 Å². The molecule has 2 saturated heterocycles. The number of carbonyl (C=O) groups excluding carboxylic acids is 2.